The summed E-state index contributed by atoms with van der Waals surface area (Å²) in [5, 5.41) is 0. The number of hydrogen-bond donors (Lipinski definition) is 0. The summed E-state index contributed by atoms with van der Waals surface area (Å²) < 4.78 is 5.50. The largest absolute Gasteiger partial charge is 0.462 e. The maximum absolute atomic E-state index is 11.5. The smallest absolute Gasteiger partial charge is 0.320 e. The van der Waals surface area contributed by atoms with Gasteiger partial charge in [0.1, 0.15) is 0 Å². The van der Waals surface area contributed by atoms with Crippen LogP contribution in [-0.4, -0.2) is 47.1 Å². The van der Waals surface area contributed by atoms with Crippen molar-refractivity contribution in [1.29, 1.82) is 0 Å². The van der Waals surface area contributed by atoms with Crippen LogP contribution in [0.5, 0.6) is 0 Å². The number of carbonyl (C=O) groups excluding carboxylic acids is 1. The number of ether oxygens (including phenoxy) is 1. The topological polar surface area (TPSA) is 29.5 Å². The lowest BCUT2D eigenvalue weighted by atomic mass is 10.1. The van der Waals surface area contributed by atoms with Crippen molar-refractivity contribution in [2.24, 2.45) is 0 Å². The average Bonchev–Trinajstić information content (AvgIpc) is 2.26. The molecule has 94 valence electrons. The lowest BCUT2D eigenvalue weighted by Crippen LogP contribution is -2.34. The van der Waals surface area contributed by atoms with E-state index in [0.29, 0.717) is 11.3 Å². The zero-order valence-electron chi connectivity index (χ0n) is 10.8. The number of esters is 1. The average molecular weight is 245 g/mol. The maximum atomic E-state index is 11.5. The first-order chi connectivity index (χ1) is 7.39. The van der Waals surface area contributed by atoms with Gasteiger partial charge in [0.25, 0.3) is 0 Å². The van der Waals surface area contributed by atoms with Gasteiger partial charge in [-0.25, -0.2) is 0 Å². The van der Waals surface area contributed by atoms with Crippen LogP contribution in [0.25, 0.3) is 0 Å². The zero-order valence-corrected chi connectivity index (χ0v) is 11.6. The Morgan fingerprint density at radius 2 is 2.12 bits per heavy atom. The zero-order chi connectivity index (χ0) is 12.2. The van der Waals surface area contributed by atoms with Crippen LogP contribution in [0, 0.1) is 0 Å². The molecule has 0 atom stereocenters. The van der Waals surface area contributed by atoms with E-state index in [1.165, 1.54) is 0 Å². The number of hydrogen-bond acceptors (Lipinski definition) is 4. The van der Waals surface area contributed by atoms with Crippen LogP contribution < -0.4 is 0 Å². The molecule has 1 aliphatic heterocycles. The van der Waals surface area contributed by atoms with E-state index in [-0.39, 0.29) is 12.1 Å². The first-order valence-electron chi connectivity index (χ1n) is 5.95. The molecular weight excluding hydrogens is 222 g/mol. The summed E-state index contributed by atoms with van der Waals surface area (Å²) in [5.74, 6) is 1.00. The van der Waals surface area contributed by atoms with Crippen molar-refractivity contribution in [2.75, 3.05) is 25.4 Å². The van der Waals surface area contributed by atoms with Gasteiger partial charge < -0.3 is 4.74 Å². The fourth-order valence-corrected chi connectivity index (χ4v) is 2.84. The lowest BCUT2D eigenvalue weighted by molar-refractivity contribution is -0.148. The Morgan fingerprint density at radius 3 is 2.75 bits per heavy atom. The molecule has 4 heteroatoms. The third-order valence-corrected chi connectivity index (χ3v) is 4.02. The van der Waals surface area contributed by atoms with Crippen LogP contribution in [0.3, 0.4) is 0 Å². The van der Waals surface area contributed by atoms with Gasteiger partial charge in [0, 0.05) is 23.6 Å². The van der Waals surface area contributed by atoms with Gasteiger partial charge in [0.15, 0.2) is 0 Å². The summed E-state index contributed by atoms with van der Waals surface area (Å²) in [6, 6.07) is 0. The SMILES string of the molecule is CC(C)OC(=O)CN1CCSC(C)(C)CC1. The molecule has 1 heterocycles. The highest BCUT2D eigenvalue weighted by Crippen LogP contribution is 2.30. The molecule has 0 N–H and O–H groups in total. The minimum atomic E-state index is -0.0975. The first kappa shape index (κ1) is 13.8. The van der Waals surface area contributed by atoms with Gasteiger partial charge in [-0.2, -0.15) is 11.8 Å². The van der Waals surface area contributed by atoms with Gasteiger partial charge in [-0.05, 0) is 20.3 Å². The molecule has 0 aliphatic carbocycles. The number of carbonyl (C=O) groups is 1. The lowest BCUT2D eigenvalue weighted by Gasteiger charge is -2.22. The second-order valence-corrected chi connectivity index (χ2v) is 6.98. The highest BCUT2D eigenvalue weighted by Gasteiger charge is 2.24. The van der Waals surface area contributed by atoms with Crippen molar-refractivity contribution in [3.05, 3.63) is 0 Å². The summed E-state index contributed by atoms with van der Waals surface area (Å²) in [7, 11) is 0. The molecule has 16 heavy (non-hydrogen) atoms. The van der Waals surface area contributed by atoms with Crippen molar-refractivity contribution in [3.8, 4) is 0 Å². The predicted octanol–water partition coefficient (Wildman–Crippen LogP) is 2.16. The Balaban J connectivity index is 2.35. The Morgan fingerprint density at radius 1 is 1.44 bits per heavy atom. The van der Waals surface area contributed by atoms with E-state index in [1.807, 2.05) is 25.6 Å². The summed E-state index contributed by atoms with van der Waals surface area (Å²) >= 11 is 1.99. The van der Waals surface area contributed by atoms with Crippen molar-refractivity contribution in [1.82, 2.24) is 4.90 Å². The molecule has 1 saturated heterocycles. The summed E-state index contributed by atoms with van der Waals surface area (Å²) in [6.45, 7) is 10.7. The van der Waals surface area contributed by atoms with Gasteiger partial charge in [0.2, 0.25) is 0 Å². The Hall–Kier alpha value is -0.220. The molecule has 1 fully saturated rings. The molecule has 1 rings (SSSR count). The Bertz CT molecular complexity index is 241. The quantitative estimate of drug-likeness (QED) is 0.713. The van der Waals surface area contributed by atoms with Crippen molar-refractivity contribution >= 4 is 17.7 Å². The van der Waals surface area contributed by atoms with Crippen LogP contribution in [0.1, 0.15) is 34.1 Å². The predicted molar refractivity (Wildman–Crippen MR) is 68.8 cm³/mol. The van der Waals surface area contributed by atoms with Gasteiger partial charge in [-0.15, -0.1) is 0 Å². The van der Waals surface area contributed by atoms with E-state index in [4.69, 9.17) is 4.74 Å². The second kappa shape index (κ2) is 5.92. The number of rotatable bonds is 3. The van der Waals surface area contributed by atoms with E-state index in [9.17, 15) is 4.79 Å². The molecule has 1 aliphatic rings. The maximum Gasteiger partial charge on any atom is 0.320 e. The monoisotopic (exact) mass is 245 g/mol. The Labute approximate surface area is 103 Å². The summed E-state index contributed by atoms with van der Waals surface area (Å²) in [4.78, 5) is 13.7. The van der Waals surface area contributed by atoms with Gasteiger partial charge in [-0.3, -0.25) is 9.69 Å². The molecular formula is C12H23NO2S. The third-order valence-electron chi connectivity index (χ3n) is 2.65. The molecule has 0 spiro atoms. The number of nitrogens with zero attached hydrogens (tertiary/aromatic N) is 1. The van der Waals surface area contributed by atoms with Crippen molar-refractivity contribution in [2.45, 2.75) is 45.0 Å². The van der Waals surface area contributed by atoms with Crippen LogP contribution in [0.2, 0.25) is 0 Å². The summed E-state index contributed by atoms with van der Waals surface area (Å²) in [6.07, 6.45) is 1.12. The normalized spacial score (nSPS) is 21.8. The number of thioether (sulfide) groups is 1. The molecule has 3 nitrogen and oxygen atoms in total. The van der Waals surface area contributed by atoms with Gasteiger partial charge in [-0.1, -0.05) is 13.8 Å². The molecule has 0 aromatic carbocycles. The molecule has 0 saturated carbocycles. The highest BCUT2D eigenvalue weighted by atomic mass is 32.2. The van der Waals surface area contributed by atoms with Gasteiger partial charge in [0.05, 0.1) is 12.6 Å². The van der Waals surface area contributed by atoms with Crippen LogP contribution in [0.15, 0.2) is 0 Å². The Kier molecular flexibility index (Phi) is 5.12. The van der Waals surface area contributed by atoms with E-state index in [2.05, 4.69) is 18.7 Å². The second-order valence-electron chi connectivity index (χ2n) is 5.17. The van der Waals surface area contributed by atoms with Crippen molar-refractivity contribution in [3.63, 3.8) is 0 Å². The molecule has 0 bridgehead atoms. The minimum absolute atomic E-state index is 0.00899. The molecule has 0 aromatic heterocycles. The fraction of sp³-hybridized carbons (Fsp3) is 0.917. The first-order valence-corrected chi connectivity index (χ1v) is 6.93. The van der Waals surface area contributed by atoms with E-state index < -0.39 is 0 Å². The van der Waals surface area contributed by atoms with E-state index in [0.717, 1.165) is 25.3 Å². The van der Waals surface area contributed by atoms with E-state index in [1.54, 1.807) is 0 Å². The van der Waals surface area contributed by atoms with Crippen LogP contribution in [0.4, 0.5) is 0 Å². The van der Waals surface area contributed by atoms with E-state index >= 15 is 0 Å². The molecule has 0 amide bonds. The highest BCUT2D eigenvalue weighted by molar-refractivity contribution is 8.00. The molecule has 0 unspecified atom stereocenters. The van der Waals surface area contributed by atoms with Gasteiger partial charge >= 0.3 is 5.97 Å². The third kappa shape index (κ3) is 5.21. The fourth-order valence-electron chi connectivity index (χ4n) is 1.70. The molecule has 0 aromatic rings. The molecule has 0 radical (unpaired) electrons. The van der Waals surface area contributed by atoms with Crippen LogP contribution in [-0.2, 0) is 9.53 Å². The van der Waals surface area contributed by atoms with Crippen molar-refractivity contribution < 1.29 is 9.53 Å². The van der Waals surface area contributed by atoms with Crippen LogP contribution >= 0.6 is 11.8 Å². The summed E-state index contributed by atoms with van der Waals surface area (Å²) in [5.41, 5.74) is 0. The minimum Gasteiger partial charge on any atom is -0.462 e. The standard InChI is InChI=1S/C12H23NO2S/c1-10(2)15-11(14)9-13-6-5-12(3,4)16-8-7-13/h10H,5-9H2,1-4H3.